The Morgan fingerprint density at radius 2 is 0.683 bits per heavy atom. The molecule has 0 radical (unpaired) electrons. The van der Waals surface area contributed by atoms with Crippen LogP contribution in [0, 0.1) is 53.7 Å². The Morgan fingerprint density at radius 1 is 0.279 bits per heavy atom. The van der Waals surface area contributed by atoms with Gasteiger partial charge in [0, 0.05) is 82.9 Å². The maximum Gasteiger partial charge on any atom is 0.197 e. The third-order valence-corrected chi connectivity index (χ3v) is 18.7. The SMILES string of the molecule is [C-]#[N+]c1cc(C#N)c(-c2ccc3c(c2)c2ccccc2n3-c2ccc(-c3cccc(-c4cc(-c5nc(-c6ccccc6)nc(-c6ccccc6)n5)cc(-n5c6ccccc6c6cc(-c7c(C#N)cc(C#N)cc7[N+]#[C-])ccc65)c4)c3)cc2-c2nc(-c3ccccc3)nc(-c3ccccc3)n2)c([N+]#[C-])c1. The first-order valence-corrected chi connectivity index (χ1v) is 33.2. The number of para-hydroxylation sites is 2. The zero-order chi connectivity index (χ0) is 70.4. The van der Waals surface area contributed by atoms with Gasteiger partial charge >= 0.3 is 0 Å². The van der Waals surface area contributed by atoms with Crippen LogP contribution in [0.3, 0.4) is 0 Å². The van der Waals surface area contributed by atoms with Gasteiger partial charge in [0.15, 0.2) is 52.0 Å². The van der Waals surface area contributed by atoms with Gasteiger partial charge in [0.1, 0.15) is 0 Å². The molecule has 14 heteroatoms. The predicted octanol–water partition coefficient (Wildman–Crippen LogP) is 22.2. The summed E-state index contributed by atoms with van der Waals surface area (Å²) in [4.78, 5) is 42.7. The van der Waals surface area contributed by atoms with Crippen LogP contribution in [0.25, 0.3) is 182 Å². The molecule has 0 amide bonds. The second kappa shape index (κ2) is 26.0. The first kappa shape index (κ1) is 62.0. The molecule has 0 N–H and O–H groups in total. The van der Waals surface area contributed by atoms with E-state index in [0.29, 0.717) is 62.8 Å². The van der Waals surface area contributed by atoms with Gasteiger partial charge in [-0.15, -0.1) is 0 Å². The summed E-state index contributed by atoms with van der Waals surface area (Å²) in [7, 11) is 0. The van der Waals surface area contributed by atoms with Crippen LogP contribution in [0.1, 0.15) is 16.7 Å². The van der Waals surface area contributed by atoms with Crippen molar-refractivity contribution in [3.63, 3.8) is 0 Å². The average Bonchev–Trinajstić information content (AvgIpc) is 1.79. The Balaban J connectivity index is 0.887. The van der Waals surface area contributed by atoms with Crippen LogP contribution < -0.4 is 0 Å². The van der Waals surface area contributed by atoms with Gasteiger partial charge in [0.05, 0.1) is 71.2 Å². The number of benzene rings is 13. The number of fused-ring (bicyclic) bond motifs is 6. The normalized spacial score (nSPS) is 11.0. The van der Waals surface area contributed by atoms with Crippen molar-refractivity contribution in [3.8, 4) is 142 Å². The molecule has 0 fully saturated rings. The summed E-state index contributed by atoms with van der Waals surface area (Å²) in [6, 6.07) is 102. The van der Waals surface area contributed by atoms with E-state index in [2.05, 4.69) is 127 Å². The van der Waals surface area contributed by atoms with Crippen LogP contribution in [0.15, 0.2) is 291 Å². The maximum atomic E-state index is 10.5. The van der Waals surface area contributed by atoms with Crippen LogP contribution in [-0.2, 0) is 0 Å². The van der Waals surface area contributed by atoms with Gasteiger partial charge in [-0.1, -0.05) is 200 Å². The lowest BCUT2D eigenvalue weighted by molar-refractivity contribution is 1.06. The summed E-state index contributed by atoms with van der Waals surface area (Å²) in [5.74, 6) is 2.89. The molecular formula is C90H48N14. The number of hydrogen-bond donors (Lipinski definition) is 0. The van der Waals surface area contributed by atoms with Crippen LogP contribution in [0.5, 0.6) is 0 Å². The summed E-state index contributed by atoms with van der Waals surface area (Å²) in [5, 5.41) is 34.5. The van der Waals surface area contributed by atoms with Gasteiger partial charge in [-0.3, -0.25) is 0 Å². The quantitative estimate of drug-likeness (QED) is 0.108. The van der Waals surface area contributed by atoms with E-state index < -0.39 is 0 Å². The number of aromatic nitrogens is 8. The molecule has 0 aliphatic heterocycles. The third kappa shape index (κ3) is 11.0. The van der Waals surface area contributed by atoms with Crippen molar-refractivity contribution < 1.29 is 0 Å². The summed E-state index contributed by atoms with van der Waals surface area (Å²) in [6.07, 6.45) is 0. The third-order valence-electron chi connectivity index (χ3n) is 18.7. The highest BCUT2D eigenvalue weighted by molar-refractivity contribution is 6.13. The Morgan fingerprint density at radius 3 is 1.19 bits per heavy atom. The second-order valence-corrected chi connectivity index (χ2v) is 24.8. The lowest BCUT2D eigenvalue weighted by Crippen LogP contribution is -2.04. The van der Waals surface area contributed by atoms with Crippen molar-refractivity contribution in [1.29, 1.82) is 15.8 Å². The summed E-state index contributed by atoms with van der Waals surface area (Å²) >= 11 is 0. The molecule has 17 rings (SSSR count). The van der Waals surface area contributed by atoms with E-state index in [1.54, 1.807) is 0 Å². The molecule has 0 aliphatic rings. The predicted molar refractivity (Wildman–Crippen MR) is 409 cm³/mol. The lowest BCUT2D eigenvalue weighted by atomic mass is 9.95. The summed E-state index contributed by atoms with van der Waals surface area (Å²) in [5.41, 5.74) is 17.0. The fraction of sp³-hybridized carbons (Fsp3) is 0. The van der Waals surface area contributed by atoms with E-state index in [1.807, 2.05) is 182 Å². The second-order valence-electron chi connectivity index (χ2n) is 24.8. The molecule has 104 heavy (non-hydrogen) atoms. The van der Waals surface area contributed by atoms with Crippen LogP contribution >= 0.6 is 0 Å². The summed E-state index contributed by atoms with van der Waals surface area (Å²) in [6.45, 7) is 24.1. The maximum absolute atomic E-state index is 10.5. The molecule has 0 saturated heterocycles. The van der Waals surface area contributed by atoms with Crippen LogP contribution in [-0.4, -0.2) is 39.0 Å². The van der Waals surface area contributed by atoms with Crippen molar-refractivity contribution in [3.05, 3.63) is 342 Å². The fourth-order valence-corrected chi connectivity index (χ4v) is 14.0. The van der Waals surface area contributed by atoms with Gasteiger partial charge < -0.3 is 9.13 Å². The van der Waals surface area contributed by atoms with E-state index in [9.17, 15) is 15.8 Å². The molecule has 14 nitrogen and oxygen atoms in total. The van der Waals surface area contributed by atoms with E-state index >= 15 is 0 Å². The molecule has 4 heterocycles. The van der Waals surface area contributed by atoms with Crippen molar-refractivity contribution in [2.45, 2.75) is 0 Å². The standard InChI is InChI=1S/C90H48N14/c1-94-69-45-68(54-93)84(77(51-69)96-3)64-37-40-81-74(50-64)72-32-17-19-34-79(72)104(81)82-38-35-62(48-75(82)90-101-87(58-25-12-6-13-26-58)98-88(102-90)59-27-14-7-15-28-59)60-29-20-30-61(43-60)65-44-66(89-99-85(56-21-8-4-9-22-56)97-86(100-89)57-23-10-5-11-24-57)47-70(46-65)103-78-33-18-16-31-71(78)73-49-63(36-39-80(73)103)83-67(53-92)41-55(52-91)42-76(83)95-2/h4-51H. The molecule has 478 valence electrons. The van der Waals surface area contributed by atoms with Gasteiger partial charge in [0.25, 0.3) is 0 Å². The fourth-order valence-electron chi connectivity index (χ4n) is 14.0. The number of hydrogen-bond acceptors (Lipinski definition) is 9. The highest BCUT2D eigenvalue weighted by Gasteiger charge is 2.25. The minimum absolute atomic E-state index is 0.216. The number of nitriles is 3. The highest BCUT2D eigenvalue weighted by Crippen LogP contribution is 2.46. The van der Waals surface area contributed by atoms with E-state index in [4.69, 9.17) is 49.6 Å². The van der Waals surface area contributed by atoms with Gasteiger partial charge in [-0.25, -0.2) is 44.4 Å². The highest BCUT2D eigenvalue weighted by atomic mass is 15.1. The van der Waals surface area contributed by atoms with Gasteiger partial charge in [-0.2, -0.15) is 15.8 Å². The first-order valence-electron chi connectivity index (χ1n) is 33.2. The van der Waals surface area contributed by atoms with Gasteiger partial charge in [0.2, 0.25) is 0 Å². The minimum Gasteiger partial charge on any atom is -0.309 e. The van der Waals surface area contributed by atoms with E-state index in [0.717, 1.165) is 105 Å². The zero-order valence-corrected chi connectivity index (χ0v) is 55.0. The largest absolute Gasteiger partial charge is 0.309 e. The van der Waals surface area contributed by atoms with Crippen molar-refractivity contribution in [2.24, 2.45) is 0 Å². The molecule has 0 atom stereocenters. The molecule has 0 spiro atoms. The molecule has 13 aromatic carbocycles. The van der Waals surface area contributed by atoms with Crippen LogP contribution in [0.2, 0.25) is 0 Å². The minimum atomic E-state index is 0.216. The van der Waals surface area contributed by atoms with Crippen molar-refractivity contribution >= 4 is 60.7 Å². The van der Waals surface area contributed by atoms with Crippen molar-refractivity contribution in [1.82, 2.24) is 39.0 Å². The Kier molecular flexibility index (Phi) is 15.5. The lowest BCUT2D eigenvalue weighted by Gasteiger charge is -2.17. The molecule has 0 unspecified atom stereocenters. The van der Waals surface area contributed by atoms with Crippen molar-refractivity contribution in [2.75, 3.05) is 0 Å². The molecule has 17 aromatic rings. The molecule has 4 aromatic heterocycles. The Labute approximate surface area is 596 Å². The summed E-state index contributed by atoms with van der Waals surface area (Å²) < 4.78 is 4.45. The van der Waals surface area contributed by atoms with Gasteiger partial charge in [-0.05, 0) is 124 Å². The molecule has 0 aliphatic carbocycles. The topological polar surface area (TPSA) is 172 Å². The number of nitrogens with zero attached hydrogens (tertiary/aromatic N) is 14. The average molecular weight is 1330 g/mol. The smallest absolute Gasteiger partial charge is 0.197 e. The Hall–Kier alpha value is -15.6. The molecular weight excluding hydrogens is 1280 g/mol. The van der Waals surface area contributed by atoms with Crippen LogP contribution in [0.4, 0.5) is 17.1 Å². The van der Waals surface area contributed by atoms with E-state index in [1.165, 1.54) is 24.3 Å². The molecule has 0 saturated carbocycles. The monoisotopic (exact) mass is 1320 g/mol. The molecule has 0 bridgehead atoms. The Bertz CT molecular complexity index is 6490. The number of rotatable bonds is 12. The first-order chi connectivity index (χ1) is 51.2. The van der Waals surface area contributed by atoms with E-state index in [-0.39, 0.29) is 33.8 Å². The zero-order valence-electron chi connectivity index (χ0n) is 55.0.